The van der Waals surface area contributed by atoms with Crippen LogP contribution in [0, 0.1) is 11.7 Å². The highest BCUT2D eigenvalue weighted by Gasteiger charge is 2.45. The summed E-state index contributed by atoms with van der Waals surface area (Å²) in [5.74, 6) is -5.01. The van der Waals surface area contributed by atoms with Gasteiger partial charge in [0.25, 0.3) is 11.3 Å². The summed E-state index contributed by atoms with van der Waals surface area (Å²) in [5, 5.41) is 1.96. The number of hydrogen-bond acceptors (Lipinski definition) is 6. The molecule has 0 spiro atoms. The molecule has 0 aliphatic carbocycles. The van der Waals surface area contributed by atoms with Crippen molar-refractivity contribution in [3.05, 3.63) is 46.6 Å². The molecule has 1 heterocycles. The van der Waals surface area contributed by atoms with Gasteiger partial charge in [-0.3, -0.25) is 23.7 Å². The van der Waals surface area contributed by atoms with E-state index in [0.717, 1.165) is 24.6 Å². The fourth-order valence-electron chi connectivity index (χ4n) is 2.81. The molecule has 0 aliphatic heterocycles. The minimum atomic E-state index is -5.20. The summed E-state index contributed by atoms with van der Waals surface area (Å²) < 4.78 is 77.5. The van der Waals surface area contributed by atoms with Crippen LogP contribution in [-0.2, 0) is 26.2 Å². The predicted molar refractivity (Wildman–Crippen MR) is 110 cm³/mol. The first-order valence-electron chi connectivity index (χ1n) is 9.34. The van der Waals surface area contributed by atoms with Crippen molar-refractivity contribution in [1.82, 2.24) is 14.9 Å². The Kier molecular flexibility index (Phi) is 7.62. The lowest BCUT2D eigenvalue weighted by atomic mass is 9.99. The molecule has 1 aromatic heterocycles. The fraction of sp³-hybridized carbons (Fsp3) is 0.368. The van der Waals surface area contributed by atoms with Gasteiger partial charge < -0.3 is 5.32 Å². The van der Waals surface area contributed by atoms with Crippen LogP contribution in [0.3, 0.4) is 0 Å². The molecule has 0 saturated carbocycles. The van der Waals surface area contributed by atoms with E-state index in [4.69, 9.17) is 0 Å². The Morgan fingerprint density at radius 3 is 2.21 bits per heavy atom. The number of halogens is 4. The van der Waals surface area contributed by atoms with Crippen molar-refractivity contribution in [3.63, 3.8) is 0 Å². The first-order chi connectivity index (χ1) is 15.1. The molecular weight excluding hydrogens is 472 g/mol. The summed E-state index contributed by atoms with van der Waals surface area (Å²) in [6.45, 7) is 1.69. The van der Waals surface area contributed by atoms with Gasteiger partial charge in [0, 0.05) is 5.56 Å². The van der Waals surface area contributed by atoms with Crippen molar-refractivity contribution in [3.8, 4) is 11.4 Å². The summed E-state index contributed by atoms with van der Waals surface area (Å²) in [5.41, 5.74) is -1.39. The smallest absolute Gasteiger partial charge is 0.344 e. The second-order valence-electron chi connectivity index (χ2n) is 7.42. The molecule has 1 aromatic carbocycles. The van der Waals surface area contributed by atoms with Crippen molar-refractivity contribution in [2.45, 2.75) is 32.6 Å². The Bertz CT molecular complexity index is 1210. The number of aromatic nitrogens is 2. The number of ketones is 1. The van der Waals surface area contributed by atoms with Crippen LogP contribution in [0.4, 0.5) is 23.2 Å². The van der Waals surface area contributed by atoms with Gasteiger partial charge in [0.1, 0.15) is 23.9 Å². The van der Waals surface area contributed by atoms with Gasteiger partial charge in [-0.2, -0.15) is 13.2 Å². The molecule has 9 nitrogen and oxygen atoms in total. The summed E-state index contributed by atoms with van der Waals surface area (Å²) in [4.78, 5) is 41.0. The SMILES string of the molecule is CC(C)C(NC(=O)Cn1c(-c2ccc(F)cc2)ncc(NS(C)(=O)=O)c1=O)C(=O)C(F)(F)F. The first kappa shape index (κ1) is 26.0. The maximum atomic E-state index is 13.3. The number of sulfonamides is 1. The monoisotopic (exact) mass is 492 g/mol. The quantitative estimate of drug-likeness (QED) is 0.540. The summed E-state index contributed by atoms with van der Waals surface area (Å²) >= 11 is 0. The van der Waals surface area contributed by atoms with E-state index in [2.05, 4.69) is 4.98 Å². The number of hydrogen-bond donors (Lipinski definition) is 2. The molecule has 0 saturated heterocycles. The lowest BCUT2D eigenvalue weighted by Gasteiger charge is -2.23. The molecule has 1 atom stereocenters. The normalized spacial score (nSPS) is 13.0. The molecule has 33 heavy (non-hydrogen) atoms. The average Bonchev–Trinajstić information content (AvgIpc) is 2.67. The number of nitrogens with zero attached hydrogens (tertiary/aromatic N) is 2. The Labute approximate surface area is 185 Å². The third-order valence-corrected chi connectivity index (χ3v) is 4.88. The number of alkyl halides is 3. The molecule has 14 heteroatoms. The highest BCUT2D eigenvalue weighted by molar-refractivity contribution is 7.92. The molecule has 1 amide bonds. The van der Waals surface area contributed by atoms with Crippen LogP contribution < -0.4 is 15.6 Å². The third-order valence-electron chi connectivity index (χ3n) is 4.29. The Balaban J connectivity index is 2.50. The van der Waals surface area contributed by atoms with Crippen LogP contribution in [0.25, 0.3) is 11.4 Å². The van der Waals surface area contributed by atoms with Gasteiger partial charge in [0.15, 0.2) is 0 Å². The van der Waals surface area contributed by atoms with Crippen molar-refractivity contribution in [1.29, 1.82) is 0 Å². The zero-order valence-electron chi connectivity index (χ0n) is 17.6. The average molecular weight is 492 g/mol. The summed E-state index contributed by atoms with van der Waals surface area (Å²) in [6.07, 6.45) is -3.53. The predicted octanol–water partition coefficient (Wildman–Crippen LogP) is 1.69. The van der Waals surface area contributed by atoms with Gasteiger partial charge in [-0.05, 0) is 30.2 Å². The van der Waals surface area contributed by atoms with E-state index >= 15 is 0 Å². The molecule has 0 fully saturated rings. The zero-order chi connectivity index (χ0) is 25.1. The van der Waals surface area contributed by atoms with Gasteiger partial charge in [0.05, 0.1) is 18.5 Å². The Morgan fingerprint density at radius 2 is 1.73 bits per heavy atom. The molecule has 2 rings (SSSR count). The van der Waals surface area contributed by atoms with Crippen LogP contribution >= 0.6 is 0 Å². The fourth-order valence-corrected chi connectivity index (χ4v) is 3.35. The lowest BCUT2D eigenvalue weighted by Crippen LogP contribution is -2.51. The largest absolute Gasteiger partial charge is 0.452 e. The first-order valence-corrected chi connectivity index (χ1v) is 11.2. The van der Waals surface area contributed by atoms with Gasteiger partial charge in [-0.15, -0.1) is 0 Å². The van der Waals surface area contributed by atoms with Crippen LogP contribution in [0.5, 0.6) is 0 Å². The topological polar surface area (TPSA) is 127 Å². The Hall–Kier alpha value is -3.29. The van der Waals surface area contributed by atoms with Gasteiger partial charge in [0.2, 0.25) is 15.9 Å². The van der Waals surface area contributed by atoms with Crippen molar-refractivity contribution in [2.24, 2.45) is 5.92 Å². The zero-order valence-corrected chi connectivity index (χ0v) is 18.4. The number of benzene rings is 1. The highest BCUT2D eigenvalue weighted by atomic mass is 32.2. The molecular formula is C19H20F4N4O5S. The minimum Gasteiger partial charge on any atom is -0.344 e. The van der Waals surface area contributed by atoms with Crippen LogP contribution in [0.1, 0.15) is 13.8 Å². The van der Waals surface area contributed by atoms with E-state index < -0.39 is 63.5 Å². The van der Waals surface area contributed by atoms with Crippen molar-refractivity contribution < 1.29 is 35.6 Å². The number of nitrogens with one attached hydrogen (secondary N) is 2. The third kappa shape index (κ3) is 6.84. The molecule has 0 bridgehead atoms. The standard InChI is InChI=1S/C19H20F4N4O5S/c1-10(2)15(16(29)19(21,22)23)25-14(28)9-27-17(11-4-6-12(20)7-5-11)24-8-13(18(27)30)26-33(3,31)32/h4-8,10,15,26H,9H2,1-3H3,(H,25,28). The van der Waals surface area contributed by atoms with E-state index in [1.54, 1.807) is 0 Å². The molecule has 1 unspecified atom stereocenters. The summed E-state index contributed by atoms with van der Waals surface area (Å²) in [6, 6.07) is 2.66. The van der Waals surface area contributed by atoms with E-state index in [1.165, 1.54) is 26.0 Å². The van der Waals surface area contributed by atoms with Crippen LogP contribution in [0.2, 0.25) is 0 Å². The maximum absolute atomic E-state index is 13.3. The number of carbonyl (C=O) groups excluding carboxylic acids is 2. The number of carbonyl (C=O) groups is 2. The van der Waals surface area contributed by atoms with Crippen molar-refractivity contribution in [2.75, 3.05) is 11.0 Å². The van der Waals surface area contributed by atoms with Crippen LogP contribution in [-0.4, -0.2) is 48.1 Å². The minimum absolute atomic E-state index is 0.166. The van der Waals surface area contributed by atoms with Gasteiger partial charge >= 0.3 is 6.18 Å². The van der Waals surface area contributed by atoms with Gasteiger partial charge in [-0.1, -0.05) is 13.8 Å². The number of Topliss-reactive ketones (excluding diaryl/α,β-unsaturated/α-hetero) is 1. The second kappa shape index (κ2) is 9.68. The molecule has 0 aliphatic rings. The highest BCUT2D eigenvalue weighted by Crippen LogP contribution is 2.21. The number of anilines is 1. The van der Waals surface area contributed by atoms with Gasteiger partial charge in [-0.25, -0.2) is 17.8 Å². The second-order valence-corrected chi connectivity index (χ2v) is 9.17. The molecule has 2 N–H and O–H groups in total. The van der Waals surface area contributed by atoms with Crippen LogP contribution in [0.15, 0.2) is 35.3 Å². The lowest BCUT2D eigenvalue weighted by molar-refractivity contribution is -0.174. The van der Waals surface area contributed by atoms with E-state index in [-0.39, 0.29) is 11.4 Å². The number of amides is 1. The molecule has 180 valence electrons. The van der Waals surface area contributed by atoms with E-state index in [9.17, 15) is 40.4 Å². The molecule has 0 radical (unpaired) electrons. The Morgan fingerprint density at radius 1 is 1.15 bits per heavy atom. The summed E-state index contributed by atoms with van der Waals surface area (Å²) in [7, 11) is -3.91. The maximum Gasteiger partial charge on any atom is 0.452 e. The van der Waals surface area contributed by atoms with Crippen molar-refractivity contribution >= 4 is 27.4 Å². The molecule has 2 aromatic rings. The van der Waals surface area contributed by atoms with E-state index in [0.29, 0.717) is 4.57 Å². The number of rotatable bonds is 8. The van der Waals surface area contributed by atoms with E-state index in [1.807, 2.05) is 10.0 Å².